The second-order valence-corrected chi connectivity index (χ2v) is 19.2. The lowest BCUT2D eigenvalue weighted by Gasteiger charge is -2.32. The second kappa shape index (κ2) is 13.7. The van der Waals surface area contributed by atoms with Gasteiger partial charge < -0.3 is 4.90 Å². The molecule has 1 atom stereocenters. The summed E-state index contributed by atoms with van der Waals surface area (Å²) in [6, 6.07) is 83.9. The molecule has 0 bridgehead atoms. The topological polar surface area (TPSA) is 3.24 Å². The highest BCUT2D eigenvalue weighted by atomic mass is 32.1. The Morgan fingerprint density at radius 1 is 0.312 bits per heavy atom. The van der Waals surface area contributed by atoms with Crippen LogP contribution >= 0.6 is 22.7 Å². The molecule has 0 saturated heterocycles. The van der Waals surface area contributed by atoms with E-state index in [4.69, 9.17) is 0 Å². The number of thiophene rings is 2. The fourth-order valence-corrected chi connectivity index (χ4v) is 13.8. The Hall–Kier alpha value is -7.56. The van der Waals surface area contributed by atoms with Crippen LogP contribution in [0.25, 0.3) is 84.9 Å². The second-order valence-electron chi connectivity index (χ2n) is 17.0. The van der Waals surface area contributed by atoms with E-state index < -0.39 is 5.41 Å². The van der Waals surface area contributed by atoms with Gasteiger partial charge in [-0.15, -0.1) is 22.7 Å². The molecule has 1 nitrogen and oxygen atoms in total. The molecule has 1 spiro atoms. The summed E-state index contributed by atoms with van der Waals surface area (Å²) >= 11 is 3.80. The van der Waals surface area contributed by atoms with Crippen LogP contribution in [0.2, 0.25) is 0 Å². The largest absolute Gasteiger partial charge is 0.309 e. The van der Waals surface area contributed by atoms with Crippen LogP contribution in [0.3, 0.4) is 0 Å². The number of hydrogen-bond donors (Lipinski definition) is 0. The predicted molar refractivity (Wildman–Crippen MR) is 274 cm³/mol. The summed E-state index contributed by atoms with van der Waals surface area (Å²) in [6.45, 7) is 0. The van der Waals surface area contributed by atoms with E-state index in [0.717, 1.165) is 17.1 Å². The SMILES string of the molecule is c1ccc(-c2ccccc2N(c2ccc(-c3cccc4sc5ccccc5c34)cc2)c2cccc3c2-c2ccccc2C32c3ccccc3-c3c2ccc2c3sc3ccccc32)cc1. The number of nitrogens with zero attached hydrogens (tertiary/aromatic N) is 1. The lowest BCUT2D eigenvalue weighted by Crippen LogP contribution is -2.26. The highest BCUT2D eigenvalue weighted by molar-refractivity contribution is 7.26. The van der Waals surface area contributed by atoms with Gasteiger partial charge in [-0.05, 0) is 92.5 Å². The van der Waals surface area contributed by atoms with Crippen molar-refractivity contribution in [2.75, 3.05) is 4.90 Å². The number of para-hydroxylation sites is 1. The fraction of sp³-hybridized carbons (Fsp3) is 0.0164. The molecule has 64 heavy (non-hydrogen) atoms. The van der Waals surface area contributed by atoms with Gasteiger partial charge in [0.2, 0.25) is 0 Å². The Kier molecular flexibility index (Phi) is 7.71. The smallest absolute Gasteiger partial charge is 0.0726 e. The molecule has 0 radical (unpaired) electrons. The summed E-state index contributed by atoms with van der Waals surface area (Å²) in [5, 5.41) is 5.31. The first-order valence-corrected chi connectivity index (χ1v) is 23.6. The molecule has 298 valence electrons. The van der Waals surface area contributed by atoms with E-state index in [-0.39, 0.29) is 0 Å². The third-order valence-electron chi connectivity index (χ3n) is 13.9. The lowest BCUT2D eigenvalue weighted by molar-refractivity contribution is 0.794. The third kappa shape index (κ3) is 4.88. The maximum absolute atomic E-state index is 2.53. The monoisotopic (exact) mass is 847 g/mol. The zero-order valence-electron chi connectivity index (χ0n) is 34.6. The van der Waals surface area contributed by atoms with E-state index in [1.54, 1.807) is 0 Å². The first-order valence-electron chi connectivity index (χ1n) is 22.0. The summed E-state index contributed by atoms with van der Waals surface area (Å²) < 4.78 is 5.34. The molecule has 2 heterocycles. The molecule has 12 aromatic rings. The zero-order valence-corrected chi connectivity index (χ0v) is 36.3. The Balaban J connectivity index is 1.03. The molecule has 3 heteroatoms. The summed E-state index contributed by atoms with van der Waals surface area (Å²) in [4.78, 5) is 2.53. The summed E-state index contributed by atoms with van der Waals surface area (Å²) in [5.74, 6) is 0. The van der Waals surface area contributed by atoms with Crippen molar-refractivity contribution in [1.29, 1.82) is 0 Å². The molecule has 0 saturated carbocycles. The van der Waals surface area contributed by atoms with E-state index >= 15 is 0 Å². The van der Waals surface area contributed by atoms with Gasteiger partial charge >= 0.3 is 0 Å². The molecule has 0 fully saturated rings. The number of benzene rings is 10. The highest BCUT2D eigenvalue weighted by Gasteiger charge is 2.53. The van der Waals surface area contributed by atoms with Crippen LogP contribution < -0.4 is 4.90 Å². The van der Waals surface area contributed by atoms with Crippen molar-refractivity contribution >= 4 is 80.1 Å². The summed E-state index contributed by atoms with van der Waals surface area (Å²) in [7, 11) is 0. The minimum absolute atomic E-state index is 0.491. The maximum atomic E-state index is 2.53. The molecule has 1 unspecified atom stereocenters. The summed E-state index contributed by atoms with van der Waals surface area (Å²) in [5.41, 5.74) is 18.4. The Morgan fingerprint density at radius 3 is 1.66 bits per heavy atom. The van der Waals surface area contributed by atoms with E-state index in [9.17, 15) is 0 Å². The summed E-state index contributed by atoms with van der Waals surface area (Å²) in [6.07, 6.45) is 0. The van der Waals surface area contributed by atoms with Gasteiger partial charge in [0.25, 0.3) is 0 Å². The van der Waals surface area contributed by atoms with E-state index in [1.807, 2.05) is 22.7 Å². The van der Waals surface area contributed by atoms with Gasteiger partial charge in [0.1, 0.15) is 0 Å². The van der Waals surface area contributed by atoms with Crippen molar-refractivity contribution in [2.24, 2.45) is 0 Å². The van der Waals surface area contributed by atoms with Crippen molar-refractivity contribution in [1.82, 2.24) is 0 Å². The molecule has 0 aliphatic heterocycles. The van der Waals surface area contributed by atoms with Gasteiger partial charge in [0, 0.05) is 62.7 Å². The van der Waals surface area contributed by atoms with Crippen molar-refractivity contribution in [3.63, 3.8) is 0 Å². The molecule has 0 amide bonds. The normalized spacial score (nSPS) is 14.6. The van der Waals surface area contributed by atoms with E-state index in [0.29, 0.717) is 0 Å². The number of anilines is 3. The number of rotatable bonds is 5. The van der Waals surface area contributed by atoms with Gasteiger partial charge in [0.05, 0.1) is 16.8 Å². The van der Waals surface area contributed by atoms with Crippen molar-refractivity contribution in [2.45, 2.75) is 5.41 Å². The minimum atomic E-state index is -0.491. The third-order valence-corrected chi connectivity index (χ3v) is 16.2. The first-order chi connectivity index (χ1) is 31.8. The number of hydrogen-bond acceptors (Lipinski definition) is 3. The zero-order chi connectivity index (χ0) is 41.9. The van der Waals surface area contributed by atoms with Crippen LogP contribution in [0.15, 0.2) is 224 Å². The van der Waals surface area contributed by atoms with Crippen molar-refractivity contribution in [3.8, 4) is 44.5 Å². The Labute approximate surface area is 379 Å². The van der Waals surface area contributed by atoms with Gasteiger partial charge in [-0.3, -0.25) is 0 Å². The van der Waals surface area contributed by atoms with E-state index in [1.165, 1.54) is 107 Å². The van der Waals surface area contributed by atoms with Crippen LogP contribution in [0.5, 0.6) is 0 Å². The van der Waals surface area contributed by atoms with Crippen LogP contribution in [0.4, 0.5) is 17.1 Å². The van der Waals surface area contributed by atoms with Gasteiger partial charge in [-0.1, -0.05) is 182 Å². The quantitative estimate of drug-likeness (QED) is 0.167. The van der Waals surface area contributed by atoms with E-state index in [2.05, 4.69) is 229 Å². The Bertz CT molecular complexity index is 3860. The Morgan fingerprint density at radius 2 is 0.859 bits per heavy atom. The maximum Gasteiger partial charge on any atom is 0.0726 e. The van der Waals surface area contributed by atoms with Crippen LogP contribution in [0.1, 0.15) is 22.3 Å². The molecule has 14 rings (SSSR count). The lowest BCUT2D eigenvalue weighted by atomic mass is 9.70. The molecule has 2 aromatic heterocycles. The molecular weight excluding hydrogens is 811 g/mol. The number of fused-ring (bicyclic) bond motifs is 17. The van der Waals surface area contributed by atoms with Crippen LogP contribution in [-0.4, -0.2) is 0 Å². The average molecular weight is 848 g/mol. The highest BCUT2D eigenvalue weighted by Crippen LogP contribution is 2.66. The van der Waals surface area contributed by atoms with Gasteiger partial charge in [-0.2, -0.15) is 0 Å². The fourth-order valence-electron chi connectivity index (χ4n) is 11.4. The minimum Gasteiger partial charge on any atom is -0.309 e. The van der Waals surface area contributed by atoms with Crippen LogP contribution in [0, 0.1) is 0 Å². The molecule has 2 aliphatic rings. The molecule has 2 aliphatic carbocycles. The molecular formula is C61H37NS2. The van der Waals surface area contributed by atoms with Gasteiger partial charge in [0.15, 0.2) is 0 Å². The standard InChI is InChI=1S/C61H37NS2/c1-2-16-38(17-3-1)41-18-6-11-27-52(41)62(40-34-32-39(33-35-40)42-23-14-31-56-57(42)47-22-8-13-30-55(47)63-56)53-28-15-26-50-58(53)45-20-4-9-24-48(45)61(50)49-25-10-5-21-46(49)59-51(61)37-36-44-43-19-7-12-29-54(43)64-60(44)59/h1-37H. The average Bonchev–Trinajstić information content (AvgIpc) is 4.10. The molecule has 0 N–H and O–H groups in total. The molecule has 10 aromatic carbocycles. The predicted octanol–water partition coefficient (Wildman–Crippen LogP) is 17.6. The van der Waals surface area contributed by atoms with Crippen LogP contribution in [-0.2, 0) is 5.41 Å². The van der Waals surface area contributed by atoms with Gasteiger partial charge in [-0.25, -0.2) is 0 Å². The van der Waals surface area contributed by atoms with Crippen molar-refractivity contribution in [3.05, 3.63) is 247 Å². The van der Waals surface area contributed by atoms with Crippen molar-refractivity contribution < 1.29 is 0 Å². The first kappa shape index (κ1) is 36.0.